The number of aromatic nitrogens is 2. The molecule has 1 heterocycles. The summed E-state index contributed by atoms with van der Waals surface area (Å²) in [5.74, 6) is -3.56. The second-order valence-electron chi connectivity index (χ2n) is 2.95. The molecule has 0 spiro atoms. The highest BCUT2D eigenvalue weighted by molar-refractivity contribution is 5.54. The molecule has 1 aromatic heterocycles. The van der Waals surface area contributed by atoms with E-state index in [-0.39, 0.29) is 18.3 Å². The van der Waals surface area contributed by atoms with E-state index in [1.165, 1.54) is 0 Å². The van der Waals surface area contributed by atoms with Gasteiger partial charge in [-0.25, -0.2) is 13.2 Å². The van der Waals surface area contributed by atoms with Crippen molar-refractivity contribution in [2.24, 2.45) is 5.73 Å². The van der Waals surface area contributed by atoms with Gasteiger partial charge < -0.3 is 10.2 Å². The van der Waals surface area contributed by atoms with Gasteiger partial charge in [-0.15, -0.1) is 10.2 Å². The Bertz CT molecular complexity index is 503. The lowest BCUT2D eigenvalue weighted by Gasteiger charge is -1.99. The van der Waals surface area contributed by atoms with E-state index >= 15 is 0 Å². The Morgan fingerprint density at radius 2 is 1.75 bits per heavy atom. The molecule has 0 amide bonds. The highest BCUT2D eigenvalue weighted by Gasteiger charge is 2.18. The summed E-state index contributed by atoms with van der Waals surface area (Å²) >= 11 is 0. The Hall–Kier alpha value is -1.89. The maximum absolute atomic E-state index is 13.3. The summed E-state index contributed by atoms with van der Waals surface area (Å²) in [6, 6.07) is 1.06. The first kappa shape index (κ1) is 10.6. The fourth-order valence-corrected chi connectivity index (χ4v) is 1.18. The van der Waals surface area contributed by atoms with Crippen molar-refractivity contribution in [1.82, 2.24) is 10.2 Å². The molecule has 7 heteroatoms. The van der Waals surface area contributed by atoms with Crippen LogP contribution in [0.1, 0.15) is 5.89 Å². The molecule has 84 valence electrons. The topological polar surface area (TPSA) is 64.9 Å². The van der Waals surface area contributed by atoms with Gasteiger partial charge in [-0.3, -0.25) is 0 Å². The standard InChI is InChI=1S/C9H6F3N3O/c10-4-1-5(11)8(6(12)2-4)9-15-14-7(3-13)16-9/h1-2H,3,13H2. The van der Waals surface area contributed by atoms with Crippen LogP contribution in [0.4, 0.5) is 13.2 Å². The van der Waals surface area contributed by atoms with Gasteiger partial charge in [0.15, 0.2) is 0 Å². The number of halogens is 3. The number of hydrogen-bond acceptors (Lipinski definition) is 4. The zero-order valence-corrected chi connectivity index (χ0v) is 7.88. The molecule has 0 bridgehead atoms. The first-order valence-corrected chi connectivity index (χ1v) is 4.29. The van der Waals surface area contributed by atoms with Crippen LogP contribution in [0.25, 0.3) is 11.5 Å². The van der Waals surface area contributed by atoms with Gasteiger partial charge in [0.2, 0.25) is 5.89 Å². The van der Waals surface area contributed by atoms with Gasteiger partial charge in [-0.1, -0.05) is 0 Å². The Kier molecular flexibility index (Phi) is 2.61. The normalized spacial score (nSPS) is 10.8. The zero-order valence-electron chi connectivity index (χ0n) is 7.88. The zero-order chi connectivity index (χ0) is 11.7. The molecule has 0 unspecified atom stereocenters. The van der Waals surface area contributed by atoms with Crippen molar-refractivity contribution in [1.29, 1.82) is 0 Å². The van der Waals surface area contributed by atoms with Crippen molar-refractivity contribution < 1.29 is 17.6 Å². The van der Waals surface area contributed by atoms with Crippen molar-refractivity contribution in [3.8, 4) is 11.5 Å². The predicted molar refractivity (Wildman–Crippen MR) is 47.5 cm³/mol. The molecule has 0 fully saturated rings. The fraction of sp³-hybridized carbons (Fsp3) is 0.111. The second kappa shape index (κ2) is 3.93. The molecule has 0 atom stereocenters. The summed E-state index contributed by atoms with van der Waals surface area (Å²) in [5.41, 5.74) is 4.64. The summed E-state index contributed by atoms with van der Waals surface area (Å²) in [7, 11) is 0. The third-order valence-electron chi connectivity index (χ3n) is 1.86. The van der Waals surface area contributed by atoms with E-state index < -0.39 is 23.0 Å². The Labute approximate surface area is 87.9 Å². The highest BCUT2D eigenvalue weighted by Crippen LogP contribution is 2.25. The minimum Gasteiger partial charge on any atom is -0.419 e. The molecule has 0 aliphatic rings. The Morgan fingerprint density at radius 1 is 1.12 bits per heavy atom. The number of rotatable bonds is 2. The summed E-state index contributed by atoms with van der Waals surface area (Å²) in [5, 5.41) is 6.86. The lowest BCUT2D eigenvalue weighted by atomic mass is 10.2. The molecule has 0 saturated heterocycles. The number of hydrogen-bond donors (Lipinski definition) is 1. The molecular formula is C9H6F3N3O. The third-order valence-corrected chi connectivity index (χ3v) is 1.86. The lowest BCUT2D eigenvalue weighted by Crippen LogP contribution is -1.95. The summed E-state index contributed by atoms with van der Waals surface area (Å²) in [4.78, 5) is 0. The van der Waals surface area contributed by atoms with E-state index in [2.05, 4.69) is 10.2 Å². The number of nitrogens with zero attached hydrogens (tertiary/aromatic N) is 2. The van der Waals surface area contributed by atoms with Gasteiger partial charge in [0.1, 0.15) is 23.0 Å². The van der Waals surface area contributed by atoms with E-state index in [1.807, 2.05) is 0 Å². The van der Waals surface area contributed by atoms with Crippen LogP contribution in [0.5, 0.6) is 0 Å². The fourth-order valence-electron chi connectivity index (χ4n) is 1.18. The van der Waals surface area contributed by atoms with E-state index in [0.29, 0.717) is 12.1 Å². The SMILES string of the molecule is NCc1nnc(-c2c(F)cc(F)cc2F)o1. The second-order valence-corrected chi connectivity index (χ2v) is 2.95. The van der Waals surface area contributed by atoms with Crippen molar-refractivity contribution in [3.05, 3.63) is 35.5 Å². The van der Waals surface area contributed by atoms with Crippen LogP contribution in [0.3, 0.4) is 0 Å². The molecule has 4 nitrogen and oxygen atoms in total. The van der Waals surface area contributed by atoms with Gasteiger partial charge in [-0.05, 0) is 0 Å². The van der Waals surface area contributed by atoms with Crippen LogP contribution in [0, 0.1) is 17.5 Å². The molecular weight excluding hydrogens is 223 g/mol. The molecule has 0 saturated carbocycles. The van der Waals surface area contributed by atoms with E-state index in [0.717, 1.165) is 0 Å². The molecule has 0 aliphatic carbocycles. The summed E-state index contributed by atoms with van der Waals surface area (Å²) < 4.78 is 44.0. The molecule has 1 aromatic carbocycles. The van der Waals surface area contributed by atoms with Crippen LogP contribution in [-0.4, -0.2) is 10.2 Å². The van der Waals surface area contributed by atoms with E-state index in [4.69, 9.17) is 10.2 Å². The molecule has 2 rings (SSSR count). The number of benzene rings is 1. The largest absolute Gasteiger partial charge is 0.419 e. The van der Waals surface area contributed by atoms with Crippen molar-refractivity contribution >= 4 is 0 Å². The van der Waals surface area contributed by atoms with Gasteiger partial charge in [0.25, 0.3) is 5.89 Å². The first-order valence-electron chi connectivity index (χ1n) is 4.29. The van der Waals surface area contributed by atoms with Gasteiger partial charge in [0, 0.05) is 12.1 Å². The minimum atomic E-state index is -1.11. The first-order chi connectivity index (χ1) is 7.61. The highest BCUT2D eigenvalue weighted by atomic mass is 19.1. The van der Waals surface area contributed by atoms with Crippen LogP contribution < -0.4 is 5.73 Å². The monoisotopic (exact) mass is 229 g/mol. The minimum absolute atomic E-state index is 0.0399. The van der Waals surface area contributed by atoms with Gasteiger partial charge >= 0.3 is 0 Å². The van der Waals surface area contributed by atoms with E-state index in [9.17, 15) is 13.2 Å². The molecule has 2 aromatic rings. The van der Waals surface area contributed by atoms with Crippen molar-refractivity contribution in [2.75, 3.05) is 0 Å². The maximum atomic E-state index is 13.3. The number of nitrogens with two attached hydrogens (primary N) is 1. The quantitative estimate of drug-likeness (QED) is 0.849. The lowest BCUT2D eigenvalue weighted by molar-refractivity contribution is 0.493. The van der Waals surface area contributed by atoms with Crippen molar-refractivity contribution in [3.63, 3.8) is 0 Å². The van der Waals surface area contributed by atoms with Gasteiger partial charge in [0.05, 0.1) is 6.54 Å². The van der Waals surface area contributed by atoms with E-state index in [1.54, 1.807) is 0 Å². The Balaban J connectivity index is 2.55. The predicted octanol–water partition coefficient (Wildman–Crippen LogP) is 1.61. The molecule has 2 N–H and O–H groups in total. The summed E-state index contributed by atoms with van der Waals surface area (Å²) in [6.07, 6.45) is 0. The van der Waals surface area contributed by atoms with Crippen LogP contribution in [0.15, 0.2) is 16.5 Å². The average Bonchev–Trinajstić information content (AvgIpc) is 2.64. The van der Waals surface area contributed by atoms with Crippen LogP contribution >= 0.6 is 0 Å². The average molecular weight is 229 g/mol. The third kappa shape index (κ3) is 1.76. The molecule has 16 heavy (non-hydrogen) atoms. The Morgan fingerprint density at radius 3 is 2.25 bits per heavy atom. The molecule has 0 radical (unpaired) electrons. The van der Waals surface area contributed by atoms with Crippen LogP contribution in [-0.2, 0) is 6.54 Å². The summed E-state index contributed by atoms with van der Waals surface area (Å²) in [6.45, 7) is -0.0442. The van der Waals surface area contributed by atoms with Crippen molar-refractivity contribution in [2.45, 2.75) is 6.54 Å². The maximum Gasteiger partial charge on any atom is 0.253 e. The smallest absolute Gasteiger partial charge is 0.253 e. The molecule has 0 aliphatic heterocycles. The van der Waals surface area contributed by atoms with Gasteiger partial charge in [-0.2, -0.15) is 0 Å². The van der Waals surface area contributed by atoms with Crippen LogP contribution in [0.2, 0.25) is 0 Å².